The Morgan fingerprint density at radius 2 is 2.11 bits per heavy atom. The third-order valence-corrected chi connectivity index (χ3v) is 2.83. The number of hydrogen-bond acceptors (Lipinski definition) is 3. The summed E-state index contributed by atoms with van der Waals surface area (Å²) in [7, 11) is 0. The summed E-state index contributed by atoms with van der Waals surface area (Å²) in [6.45, 7) is 5.74. The Balaban J connectivity index is 2.33. The van der Waals surface area contributed by atoms with Gasteiger partial charge in [0, 0.05) is 11.7 Å². The fourth-order valence-electron chi connectivity index (χ4n) is 1.89. The fraction of sp³-hybridized carbons (Fsp3) is 0.385. The van der Waals surface area contributed by atoms with Crippen molar-refractivity contribution in [3.05, 3.63) is 24.5 Å². The van der Waals surface area contributed by atoms with Crippen molar-refractivity contribution in [2.75, 3.05) is 5.73 Å². The molecule has 1 aromatic carbocycles. The molecule has 1 unspecified atom stereocenters. The summed E-state index contributed by atoms with van der Waals surface area (Å²) in [5, 5.41) is 2.89. The zero-order chi connectivity index (χ0) is 13.3. The summed E-state index contributed by atoms with van der Waals surface area (Å²) < 4.78 is 1.85. The van der Waals surface area contributed by atoms with Gasteiger partial charge < -0.3 is 15.6 Å². The molecule has 0 aliphatic carbocycles. The van der Waals surface area contributed by atoms with Crippen LogP contribution in [0.15, 0.2) is 24.5 Å². The maximum atomic E-state index is 12.0. The molecule has 1 aromatic heterocycles. The number of carbonyl (C=O) groups excluding carboxylic acids is 1. The van der Waals surface area contributed by atoms with Crippen LogP contribution in [-0.4, -0.2) is 21.5 Å². The molecule has 18 heavy (non-hydrogen) atoms. The summed E-state index contributed by atoms with van der Waals surface area (Å²) in [6, 6.07) is 5.34. The van der Waals surface area contributed by atoms with E-state index in [4.69, 9.17) is 5.73 Å². The second-order valence-corrected chi connectivity index (χ2v) is 4.74. The Hall–Kier alpha value is -2.04. The maximum Gasteiger partial charge on any atom is 0.243 e. The summed E-state index contributed by atoms with van der Waals surface area (Å²) in [5.41, 5.74) is 8.10. The summed E-state index contributed by atoms with van der Waals surface area (Å²) in [4.78, 5) is 16.2. The second kappa shape index (κ2) is 4.68. The van der Waals surface area contributed by atoms with Crippen LogP contribution in [0.3, 0.4) is 0 Å². The van der Waals surface area contributed by atoms with E-state index in [0.29, 0.717) is 5.69 Å². The van der Waals surface area contributed by atoms with Gasteiger partial charge in [0.15, 0.2) is 0 Å². The van der Waals surface area contributed by atoms with E-state index >= 15 is 0 Å². The van der Waals surface area contributed by atoms with Gasteiger partial charge in [-0.2, -0.15) is 0 Å². The molecular formula is C13H18N4O. The molecule has 1 heterocycles. The summed E-state index contributed by atoms with van der Waals surface area (Å²) >= 11 is 0. The minimum Gasteiger partial charge on any atom is -0.399 e. The molecular weight excluding hydrogens is 228 g/mol. The highest BCUT2D eigenvalue weighted by Gasteiger charge is 2.17. The normalized spacial score (nSPS) is 12.9. The van der Waals surface area contributed by atoms with Crippen LogP contribution in [0.1, 0.15) is 26.8 Å². The minimum atomic E-state index is -0.291. The van der Waals surface area contributed by atoms with Crippen LogP contribution in [-0.2, 0) is 4.79 Å². The van der Waals surface area contributed by atoms with Gasteiger partial charge in [0.05, 0.1) is 17.4 Å². The molecule has 1 atom stereocenters. The smallest absolute Gasteiger partial charge is 0.243 e. The van der Waals surface area contributed by atoms with E-state index in [1.165, 1.54) is 0 Å². The van der Waals surface area contributed by atoms with Gasteiger partial charge in [-0.15, -0.1) is 0 Å². The molecule has 0 spiro atoms. The molecule has 5 heteroatoms. The number of aromatic nitrogens is 2. The number of anilines is 1. The molecule has 2 rings (SSSR count). The van der Waals surface area contributed by atoms with Crippen molar-refractivity contribution in [2.24, 2.45) is 0 Å². The standard InChI is InChI=1S/C13H18N4O/c1-8(2)16-13(18)9(3)17-7-15-11-6-10(14)4-5-12(11)17/h4-9H,14H2,1-3H3,(H,16,18). The number of carbonyl (C=O) groups is 1. The molecule has 0 radical (unpaired) electrons. The first-order valence-corrected chi connectivity index (χ1v) is 6.01. The van der Waals surface area contributed by atoms with Gasteiger partial charge in [-0.1, -0.05) is 0 Å². The van der Waals surface area contributed by atoms with E-state index in [1.54, 1.807) is 12.4 Å². The lowest BCUT2D eigenvalue weighted by Gasteiger charge is -2.16. The molecule has 0 saturated carbocycles. The first-order valence-electron chi connectivity index (χ1n) is 6.01. The molecule has 1 amide bonds. The highest BCUT2D eigenvalue weighted by molar-refractivity contribution is 5.84. The van der Waals surface area contributed by atoms with Crippen LogP contribution in [0.25, 0.3) is 11.0 Å². The van der Waals surface area contributed by atoms with Crippen molar-refractivity contribution in [3.8, 4) is 0 Å². The monoisotopic (exact) mass is 246 g/mol. The van der Waals surface area contributed by atoms with E-state index in [-0.39, 0.29) is 18.0 Å². The van der Waals surface area contributed by atoms with Gasteiger partial charge >= 0.3 is 0 Å². The maximum absolute atomic E-state index is 12.0. The molecule has 0 saturated heterocycles. The molecule has 0 bridgehead atoms. The van der Waals surface area contributed by atoms with Crippen LogP contribution >= 0.6 is 0 Å². The Bertz CT molecular complexity index is 573. The predicted molar refractivity (Wildman–Crippen MR) is 72.1 cm³/mol. The zero-order valence-electron chi connectivity index (χ0n) is 10.8. The van der Waals surface area contributed by atoms with Gasteiger partial charge in [-0.25, -0.2) is 4.98 Å². The number of benzene rings is 1. The molecule has 3 N–H and O–H groups in total. The average Bonchev–Trinajstić information content (AvgIpc) is 2.69. The molecule has 0 fully saturated rings. The Labute approximate surface area is 106 Å². The number of fused-ring (bicyclic) bond motifs is 1. The third-order valence-electron chi connectivity index (χ3n) is 2.83. The highest BCUT2D eigenvalue weighted by Crippen LogP contribution is 2.20. The van der Waals surface area contributed by atoms with Gasteiger partial charge in [-0.3, -0.25) is 4.79 Å². The van der Waals surface area contributed by atoms with Crippen LogP contribution in [0.5, 0.6) is 0 Å². The van der Waals surface area contributed by atoms with E-state index in [2.05, 4.69) is 10.3 Å². The number of rotatable bonds is 3. The first-order chi connectivity index (χ1) is 8.49. The molecule has 96 valence electrons. The number of nitrogen functional groups attached to an aromatic ring is 1. The summed E-state index contributed by atoms with van der Waals surface area (Å²) in [6.07, 6.45) is 1.68. The number of nitrogens with one attached hydrogen (secondary N) is 1. The van der Waals surface area contributed by atoms with Crippen molar-refractivity contribution in [3.63, 3.8) is 0 Å². The van der Waals surface area contributed by atoms with Crippen molar-refractivity contribution >= 4 is 22.6 Å². The van der Waals surface area contributed by atoms with Gasteiger partial charge in [0.1, 0.15) is 6.04 Å². The Morgan fingerprint density at radius 3 is 2.78 bits per heavy atom. The minimum absolute atomic E-state index is 0.0128. The highest BCUT2D eigenvalue weighted by atomic mass is 16.2. The molecule has 0 aliphatic heterocycles. The number of hydrogen-bond donors (Lipinski definition) is 2. The summed E-state index contributed by atoms with van der Waals surface area (Å²) in [5.74, 6) is -0.0128. The number of imidazole rings is 1. The predicted octanol–water partition coefficient (Wildman–Crippen LogP) is 1.70. The molecule has 2 aromatic rings. The lowest BCUT2D eigenvalue weighted by molar-refractivity contribution is -0.124. The third kappa shape index (κ3) is 2.30. The van der Waals surface area contributed by atoms with Gasteiger partial charge in [0.2, 0.25) is 5.91 Å². The van der Waals surface area contributed by atoms with Crippen molar-refractivity contribution < 1.29 is 4.79 Å². The largest absolute Gasteiger partial charge is 0.399 e. The van der Waals surface area contributed by atoms with Crippen molar-refractivity contribution in [1.82, 2.24) is 14.9 Å². The Morgan fingerprint density at radius 1 is 1.39 bits per heavy atom. The fourth-order valence-corrected chi connectivity index (χ4v) is 1.89. The number of nitrogens with two attached hydrogens (primary N) is 1. The van der Waals surface area contributed by atoms with Gasteiger partial charge in [0.25, 0.3) is 0 Å². The SMILES string of the molecule is CC(C)NC(=O)C(C)n1cnc2cc(N)ccc21. The topological polar surface area (TPSA) is 72.9 Å². The van der Waals surface area contributed by atoms with E-state index in [1.807, 2.05) is 37.5 Å². The lowest BCUT2D eigenvalue weighted by atomic mass is 10.2. The first kappa shape index (κ1) is 12.4. The van der Waals surface area contributed by atoms with Gasteiger partial charge in [-0.05, 0) is 39.0 Å². The van der Waals surface area contributed by atoms with Crippen LogP contribution in [0.2, 0.25) is 0 Å². The lowest BCUT2D eigenvalue weighted by Crippen LogP contribution is -2.35. The van der Waals surface area contributed by atoms with Crippen LogP contribution in [0.4, 0.5) is 5.69 Å². The molecule has 5 nitrogen and oxygen atoms in total. The Kier molecular flexibility index (Phi) is 3.23. The van der Waals surface area contributed by atoms with E-state index in [9.17, 15) is 4.79 Å². The second-order valence-electron chi connectivity index (χ2n) is 4.74. The average molecular weight is 246 g/mol. The van der Waals surface area contributed by atoms with E-state index in [0.717, 1.165) is 11.0 Å². The van der Waals surface area contributed by atoms with E-state index < -0.39 is 0 Å². The van der Waals surface area contributed by atoms with Crippen molar-refractivity contribution in [1.29, 1.82) is 0 Å². The van der Waals surface area contributed by atoms with Crippen LogP contribution in [0, 0.1) is 0 Å². The number of amides is 1. The quantitative estimate of drug-likeness (QED) is 0.810. The molecule has 0 aliphatic rings. The van der Waals surface area contributed by atoms with Crippen molar-refractivity contribution in [2.45, 2.75) is 32.9 Å². The number of nitrogens with zero attached hydrogens (tertiary/aromatic N) is 2. The van der Waals surface area contributed by atoms with Crippen LogP contribution < -0.4 is 11.1 Å². The zero-order valence-corrected chi connectivity index (χ0v) is 10.8.